The third-order valence-corrected chi connectivity index (χ3v) is 3.75. The fourth-order valence-electron chi connectivity index (χ4n) is 2.59. The fraction of sp³-hybridized carbons (Fsp3) is 0.278. The lowest BCUT2D eigenvalue weighted by molar-refractivity contribution is -0.135. The molecular formula is C18H21NO2. The summed E-state index contributed by atoms with van der Waals surface area (Å²) in [7, 11) is 0. The maximum Gasteiger partial charge on any atom is 0.323 e. The van der Waals surface area contributed by atoms with E-state index in [1.807, 2.05) is 35.2 Å². The van der Waals surface area contributed by atoms with Crippen molar-refractivity contribution in [1.29, 1.82) is 0 Å². The summed E-state index contributed by atoms with van der Waals surface area (Å²) in [5, 5.41) is 9.22. The van der Waals surface area contributed by atoms with Gasteiger partial charge in [0.25, 0.3) is 0 Å². The Morgan fingerprint density at radius 3 is 2.43 bits per heavy atom. The summed E-state index contributed by atoms with van der Waals surface area (Å²) in [5.74, 6) is -0.823. The standard InChI is InChI=1S/C18H21NO2/c1-13-9-10-14(2)17(11-13)15(3)19(12-18(20)21)16-7-5-4-6-8-16/h4-11,15H,12H2,1-3H3,(H,20,21). The van der Waals surface area contributed by atoms with Crippen molar-refractivity contribution in [2.24, 2.45) is 0 Å². The van der Waals surface area contributed by atoms with Crippen LogP contribution in [0.1, 0.15) is 29.7 Å². The molecule has 3 heteroatoms. The van der Waals surface area contributed by atoms with Gasteiger partial charge < -0.3 is 10.0 Å². The molecule has 2 aromatic carbocycles. The van der Waals surface area contributed by atoms with Crippen LogP contribution in [0.5, 0.6) is 0 Å². The maximum atomic E-state index is 11.2. The Labute approximate surface area is 125 Å². The number of para-hydroxylation sites is 1. The summed E-state index contributed by atoms with van der Waals surface area (Å²) in [5.41, 5.74) is 4.46. The second kappa shape index (κ2) is 6.44. The molecule has 0 fully saturated rings. The Balaban J connectivity index is 2.40. The van der Waals surface area contributed by atoms with Gasteiger partial charge in [-0.05, 0) is 44.0 Å². The van der Waals surface area contributed by atoms with Crippen LogP contribution in [0.2, 0.25) is 0 Å². The van der Waals surface area contributed by atoms with E-state index in [1.165, 1.54) is 16.7 Å². The summed E-state index contributed by atoms with van der Waals surface area (Å²) >= 11 is 0. The Bertz CT molecular complexity index is 622. The van der Waals surface area contributed by atoms with Gasteiger partial charge in [-0.2, -0.15) is 0 Å². The summed E-state index contributed by atoms with van der Waals surface area (Å²) in [6, 6.07) is 16.0. The summed E-state index contributed by atoms with van der Waals surface area (Å²) < 4.78 is 0. The van der Waals surface area contributed by atoms with E-state index in [0.717, 1.165) is 5.69 Å². The van der Waals surface area contributed by atoms with Crippen molar-refractivity contribution in [3.05, 3.63) is 65.2 Å². The largest absolute Gasteiger partial charge is 0.480 e. The van der Waals surface area contributed by atoms with Gasteiger partial charge in [0.1, 0.15) is 6.54 Å². The molecule has 0 saturated carbocycles. The van der Waals surface area contributed by atoms with Gasteiger partial charge in [-0.3, -0.25) is 4.79 Å². The number of rotatable bonds is 5. The van der Waals surface area contributed by atoms with Crippen LogP contribution >= 0.6 is 0 Å². The van der Waals surface area contributed by atoms with E-state index in [1.54, 1.807) is 0 Å². The van der Waals surface area contributed by atoms with Gasteiger partial charge in [-0.1, -0.05) is 42.0 Å². The highest BCUT2D eigenvalue weighted by molar-refractivity contribution is 5.74. The molecular weight excluding hydrogens is 262 g/mol. The van der Waals surface area contributed by atoms with Gasteiger partial charge in [0.15, 0.2) is 0 Å². The average molecular weight is 283 g/mol. The van der Waals surface area contributed by atoms with Crippen LogP contribution < -0.4 is 4.90 Å². The van der Waals surface area contributed by atoms with Crippen molar-refractivity contribution in [1.82, 2.24) is 0 Å². The van der Waals surface area contributed by atoms with E-state index in [-0.39, 0.29) is 12.6 Å². The molecule has 1 N–H and O–H groups in total. The monoisotopic (exact) mass is 283 g/mol. The van der Waals surface area contributed by atoms with Crippen molar-refractivity contribution < 1.29 is 9.90 Å². The molecule has 0 amide bonds. The molecule has 0 heterocycles. The molecule has 0 aliphatic heterocycles. The van der Waals surface area contributed by atoms with Gasteiger partial charge in [0, 0.05) is 5.69 Å². The minimum absolute atomic E-state index is 0.00315. The smallest absolute Gasteiger partial charge is 0.323 e. The molecule has 0 bridgehead atoms. The van der Waals surface area contributed by atoms with E-state index < -0.39 is 5.97 Å². The zero-order valence-corrected chi connectivity index (χ0v) is 12.7. The predicted molar refractivity (Wildman–Crippen MR) is 85.8 cm³/mol. The number of hydrogen-bond donors (Lipinski definition) is 1. The van der Waals surface area contributed by atoms with E-state index in [9.17, 15) is 9.90 Å². The SMILES string of the molecule is Cc1ccc(C)c(C(C)N(CC(=O)O)c2ccccc2)c1. The van der Waals surface area contributed by atoms with Gasteiger partial charge in [0.2, 0.25) is 0 Å². The second-order valence-electron chi connectivity index (χ2n) is 5.39. The number of aryl methyl sites for hydroxylation is 2. The molecule has 2 rings (SSSR count). The number of aliphatic carboxylic acids is 1. The number of hydrogen-bond acceptors (Lipinski definition) is 2. The zero-order valence-electron chi connectivity index (χ0n) is 12.7. The normalized spacial score (nSPS) is 12.0. The highest BCUT2D eigenvalue weighted by Gasteiger charge is 2.20. The molecule has 0 saturated heterocycles. The van der Waals surface area contributed by atoms with Crippen LogP contribution in [0, 0.1) is 13.8 Å². The Morgan fingerprint density at radius 1 is 1.14 bits per heavy atom. The first-order chi connectivity index (χ1) is 9.99. The van der Waals surface area contributed by atoms with Gasteiger partial charge >= 0.3 is 5.97 Å². The predicted octanol–water partition coefficient (Wildman–Crippen LogP) is 3.96. The molecule has 0 radical (unpaired) electrons. The van der Waals surface area contributed by atoms with Crippen LogP contribution in [0.3, 0.4) is 0 Å². The third kappa shape index (κ3) is 3.63. The summed E-state index contributed by atoms with van der Waals surface area (Å²) in [6.07, 6.45) is 0. The first kappa shape index (κ1) is 15.1. The molecule has 0 aliphatic rings. The van der Waals surface area contributed by atoms with E-state index in [2.05, 4.69) is 39.0 Å². The van der Waals surface area contributed by atoms with Crippen LogP contribution in [-0.4, -0.2) is 17.6 Å². The first-order valence-electron chi connectivity index (χ1n) is 7.09. The quantitative estimate of drug-likeness (QED) is 0.903. The van der Waals surface area contributed by atoms with Crippen molar-refractivity contribution in [3.63, 3.8) is 0 Å². The van der Waals surface area contributed by atoms with Crippen LogP contribution in [0.25, 0.3) is 0 Å². The van der Waals surface area contributed by atoms with Crippen molar-refractivity contribution in [2.45, 2.75) is 26.8 Å². The minimum atomic E-state index is -0.823. The number of carbonyl (C=O) groups is 1. The van der Waals surface area contributed by atoms with Crippen molar-refractivity contribution in [2.75, 3.05) is 11.4 Å². The lowest BCUT2D eigenvalue weighted by Crippen LogP contribution is -2.32. The fourth-order valence-corrected chi connectivity index (χ4v) is 2.59. The highest BCUT2D eigenvalue weighted by Crippen LogP contribution is 2.29. The number of nitrogens with zero attached hydrogens (tertiary/aromatic N) is 1. The highest BCUT2D eigenvalue weighted by atomic mass is 16.4. The van der Waals surface area contributed by atoms with Crippen LogP contribution in [0.15, 0.2) is 48.5 Å². The van der Waals surface area contributed by atoms with Crippen molar-refractivity contribution in [3.8, 4) is 0 Å². The van der Waals surface area contributed by atoms with Crippen LogP contribution in [-0.2, 0) is 4.79 Å². The Kier molecular flexibility index (Phi) is 4.63. The molecule has 0 aromatic heterocycles. The minimum Gasteiger partial charge on any atom is -0.480 e. The van der Waals surface area contributed by atoms with E-state index in [4.69, 9.17) is 0 Å². The lowest BCUT2D eigenvalue weighted by atomic mass is 9.98. The number of carboxylic acid groups (broad SMARTS) is 1. The Morgan fingerprint density at radius 2 is 1.81 bits per heavy atom. The molecule has 3 nitrogen and oxygen atoms in total. The summed E-state index contributed by atoms with van der Waals surface area (Å²) in [4.78, 5) is 13.1. The topological polar surface area (TPSA) is 40.5 Å². The molecule has 0 spiro atoms. The van der Waals surface area contributed by atoms with Gasteiger partial charge in [-0.25, -0.2) is 0 Å². The zero-order chi connectivity index (χ0) is 15.4. The number of anilines is 1. The molecule has 110 valence electrons. The Hall–Kier alpha value is -2.29. The van der Waals surface area contributed by atoms with E-state index >= 15 is 0 Å². The molecule has 1 unspecified atom stereocenters. The summed E-state index contributed by atoms with van der Waals surface area (Å²) in [6.45, 7) is 6.16. The van der Waals surface area contributed by atoms with Crippen molar-refractivity contribution >= 4 is 11.7 Å². The van der Waals surface area contributed by atoms with Crippen LogP contribution in [0.4, 0.5) is 5.69 Å². The van der Waals surface area contributed by atoms with Gasteiger partial charge in [-0.15, -0.1) is 0 Å². The lowest BCUT2D eigenvalue weighted by Gasteiger charge is -2.31. The van der Waals surface area contributed by atoms with E-state index in [0.29, 0.717) is 0 Å². The first-order valence-corrected chi connectivity index (χ1v) is 7.09. The van der Waals surface area contributed by atoms with Gasteiger partial charge in [0.05, 0.1) is 6.04 Å². The molecule has 0 aliphatic carbocycles. The average Bonchev–Trinajstić information content (AvgIpc) is 2.47. The number of carboxylic acids is 1. The second-order valence-corrected chi connectivity index (χ2v) is 5.39. The third-order valence-electron chi connectivity index (χ3n) is 3.75. The maximum absolute atomic E-state index is 11.2. The number of benzene rings is 2. The molecule has 1 atom stereocenters. The molecule has 21 heavy (non-hydrogen) atoms. The molecule has 2 aromatic rings.